The van der Waals surface area contributed by atoms with Crippen LogP contribution in [0.2, 0.25) is 38.3 Å². The minimum absolute atomic E-state index is 0.379. The molecule has 2 aromatic rings. The number of hydrogen-bond acceptors (Lipinski definition) is 3. The van der Waals surface area contributed by atoms with Crippen LogP contribution in [0.1, 0.15) is 35.1 Å². The lowest BCUT2D eigenvalue weighted by Gasteiger charge is -2.30. The molecule has 0 aliphatic rings. The fraction of sp³-hybridized carbons (Fsp3) is 0.520. The molecule has 0 atom stereocenters. The van der Waals surface area contributed by atoms with Crippen molar-refractivity contribution in [2.45, 2.75) is 77.8 Å². The maximum absolute atomic E-state index is 9.68. The largest absolute Gasteiger partial charge is 0.508 e. The molecular formula is C25H40O3Si2. The Morgan fingerprint density at radius 2 is 1.20 bits per heavy atom. The van der Waals surface area contributed by atoms with Crippen LogP contribution >= 0.6 is 0 Å². The molecule has 0 aliphatic heterocycles. The molecule has 0 spiro atoms. The van der Waals surface area contributed by atoms with Crippen LogP contribution in [0.15, 0.2) is 36.4 Å². The van der Waals surface area contributed by atoms with Gasteiger partial charge in [-0.05, 0) is 86.6 Å². The zero-order valence-corrected chi connectivity index (χ0v) is 21.7. The van der Waals surface area contributed by atoms with E-state index in [1.807, 2.05) is 32.0 Å². The fourth-order valence-electron chi connectivity index (χ4n) is 3.77. The molecule has 2 aromatic carbocycles. The highest BCUT2D eigenvalue weighted by molar-refractivity contribution is 6.79. The summed E-state index contributed by atoms with van der Waals surface area (Å²) in [5, 5.41) is 19.4. The van der Waals surface area contributed by atoms with Crippen LogP contribution in [0, 0.1) is 13.8 Å². The number of aromatic hydroxyl groups is 2. The van der Waals surface area contributed by atoms with Crippen molar-refractivity contribution in [2.75, 3.05) is 6.23 Å². The van der Waals surface area contributed by atoms with Crippen LogP contribution in [-0.4, -0.2) is 32.8 Å². The van der Waals surface area contributed by atoms with E-state index in [0.29, 0.717) is 11.5 Å². The maximum Gasteiger partial charge on any atom is 0.186 e. The summed E-state index contributed by atoms with van der Waals surface area (Å²) in [5.41, 5.74) is 4.53. The van der Waals surface area contributed by atoms with Crippen LogP contribution < -0.4 is 0 Å². The van der Waals surface area contributed by atoms with Gasteiger partial charge >= 0.3 is 0 Å². The molecule has 0 amide bonds. The minimum atomic E-state index is -1.65. The molecule has 0 radical (unpaired) electrons. The number of phenolic OH excluding ortho intramolecular Hbond substituents is 2. The van der Waals surface area contributed by atoms with Crippen LogP contribution in [-0.2, 0) is 17.3 Å². The predicted molar refractivity (Wildman–Crippen MR) is 133 cm³/mol. The van der Waals surface area contributed by atoms with Gasteiger partial charge in [-0.15, -0.1) is 0 Å². The zero-order chi connectivity index (χ0) is 22.4. The number of hydrogen-bond donors (Lipinski definition) is 2. The fourth-order valence-corrected chi connectivity index (χ4v) is 9.35. The average molecular weight is 445 g/mol. The van der Waals surface area contributed by atoms with Gasteiger partial charge in [-0.1, -0.05) is 49.8 Å². The van der Waals surface area contributed by atoms with Gasteiger partial charge in [0, 0.05) is 6.23 Å². The second-order valence-electron chi connectivity index (χ2n) is 10.2. The molecule has 3 nitrogen and oxygen atoms in total. The van der Waals surface area contributed by atoms with Gasteiger partial charge in [-0.25, -0.2) is 0 Å². The van der Waals surface area contributed by atoms with Crippen molar-refractivity contribution in [1.82, 2.24) is 0 Å². The predicted octanol–water partition coefficient (Wildman–Crippen LogP) is 6.75. The molecular weight excluding hydrogens is 404 g/mol. The first-order valence-electron chi connectivity index (χ1n) is 11.2. The van der Waals surface area contributed by atoms with E-state index in [4.69, 9.17) is 4.43 Å². The molecule has 0 saturated carbocycles. The second-order valence-corrected chi connectivity index (χ2v) is 19.6. The zero-order valence-electron chi connectivity index (χ0n) is 19.7. The van der Waals surface area contributed by atoms with Gasteiger partial charge in [0.05, 0.1) is 8.07 Å². The van der Waals surface area contributed by atoms with E-state index in [2.05, 4.69) is 38.3 Å². The standard InChI is InChI=1S/C25H40O3Si2/c1-20-17-22(11-13-24(20)26)9-7-15-29(3,4)19-28-30(5,6)16-8-10-23-12-14-25(27)21(2)18-23/h11-14,17-18,26-27H,7-10,15-16,19H2,1-6H3. The summed E-state index contributed by atoms with van der Waals surface area (Å²) in [4.78, 5) is 0. The summed E-state index contributed by atoms with van der Waals surface area (Å²) in [7, 11) is -3.02. The van der Waals surface area contributed by atoms with E-state index in [1.165, 1.54) is 29.6 Å². The van der Waals surface area contributed by atoms with E-state index < -0.39 is 16.4 Å². The Kier molecular flexibility index (Phi) is 8.77. The monoisotopic (exact) mass is 444 g/mol. The minimum Gasteiger partial charge on any atom is -0.508 e. The van der Waals surface area contributed by atoms with Crippen molar-refractivity contribution in [3.8, 4) is 11.5 Å². The van der Waals surface area contributed by atoms with Crippen molar-refractivity contribution < 1.29 is 14.6 Å². The van der Waals surface area contributed by atoms with Gasteiger partial charge in [0.15, 0.2) is 8.32 Å². The Morgan fingerprint density at radius 3 is 1.67 bits per heavy atom. The van der Waals surface area contributed by atoms with E-state index in [0.717, 1.165) is 36.6 Å². The van der Waals surface area contributed by atoms with Gasteiger partial charge in [0.2, 0.25) is 0 Å². The summed E-state index contributed by atoms with van der Waals surface area (Å²) in [6.45, 7) is 13.5. The molecule has 0 bridgehead atoms. The molecule has 30 heavy (non-hydrogen) atoms. The molecule has 0 unspecified atom stereocenters. The van der Waals surface area contributed by atoms with Gasteiger partial charge in [-0.3, -0.25) is 0 Å². The SMILES string of the molecule is Cc1cc(CCC[Si](C)(C)CO[Si](C)(C)CCCc2ccc(O)c(C)c2)ccc1O. The van der Waals surface area contributed by atoms with Gasteiger partial charge in [0.25, 0.3) is 0 Å². The van der Waals surface area contributed by atoms with Crippen molar-refractivity contribution in [3.63, 3.8) is 0 Å². The van der Waals surface area contributed by atoms with Gasteiger partial charge in [0.1, 0.15) is 11.5 Å². The first kappa shape index (κ1) is 24.7. The highest BCUT2D eigenvalue weighted by atomic mass is 28.4. The summed E-state index contributed by atoms with van der Waals surface area (Å²) in [5.74, 6) is 0.763. The number of benzene rings is 2. The van der Waals surface area contributed by atoms with Gasteiger partial charge in [-0.2, -0.15) is 0 Å². The van der Waals surface area contributed by atoms with E-state index >= 15 is 0 Å². The third-order valence-corrected chi connectivity index (χ3v) is 11.3. The third-order valence-electron chi connectivity index (χ3n) is 5.94. The Bertz CT molecular complexity index is 762. The van der Waals surface area contributed by atoms with E-state index in [-0.39, 0.29) is 0 Å². The summed E-state index contributed by atoms with van der Waals surface area (Å²) in [6.07, 6.45) is 5.41. The van der Waals surface area contributed by atoms with Crippen molar-refractivity contribution in [3.05, 3.63) is 58.7 Å². The molecule has 2 rings (SSSR count). The van der Waals surface area contributed by atoms with Gasteiger partial charge < -0.3 is 14.6 Å². The van der Waals surface area contributed by atoms with Crippen molar-refractivity contribution in [2.24, 2.45) is 0 Å². The van der Waals surface area contributed by atoms with E-state index in [9.17, 15) is 10.2 Å². The normalized spacial score (nSPS) is 12.3. The first-order chi connectivity index (χ1) is 14.0. The molecule has 0 heterocycles. The summed E-state index contributed by atoms with van der Waals surface area (Å²) in [6, 6.07) is 14.3. The van der Waals surface area contributed by atoms with Crippen LogP contribution in [0.3, 0.4) is 0 Å². The Labute approximate surface area is 185 Å². The quantitative estimate of drug-likeness (QED) is 0.377. The summed E-state index contributed by atoms with van der Waals surface area (Å²) >= 11 is 0. The number of phenols is 2. The van der Waals surface area contributed by atoms with Crippen LogP contribution in [0.25, 0.3) is 0 Å². The van der Waals surface area contributed by atoms with Crippen molar-refractivity contribution >= 4 is 16.4 Å². The Morgan fingerprint density at radius 1 is 0.733 bits per heavy atom. The lowest BCUT2D eigenvalue weighted by atomic mass is 10.1. The average Bonchev–Trinajstić information content (AvgIpc) is 2.66. The Balaban J connectivity index is 1.72. The molecule has 0 fully saturated rings. The lowest BCUT2D eigenvalue weighted by Crippen LogP contribution is -2.40. The second kappa shape index (κ2) is 10.6. The van der Waals surface area contributed by atoms with E-state index in [1.54, 1.807) is 6.07 Å². The van der Waals surface area contributed by atoms with Crippen molar-refractivity contribution in [1.29, 1.82) is 0 Å². The topological polar surface area (TPSA) is 49.7 Å². The molecule has 0 saturated heterocycles. The smallest absolute Gasteiger partial charge is 0.186 e. The molecule has 2 N–H and O–H groups in total. The van der Waals surface area contributed by atoms with Crippen LogP contribution in [0.4, 0.5) is 0 Å². The highest BCUT2D eigenvalue weighted by Crippen LogP contribution is 2.24. The maximum atomic E-state index is 9.68. The number of aryl methyl sites for hydroxylation is 4. The highest BCUT2D eigenvalue weighted by Gasteiger charge is 2.28. The molecule has 0 aliphatic carbocycles. The molecule has 166 valence electrons. The van der Waals surface area contributed by atoms with Crippen LogP contribution in [0.5, 0.6) is 11.5 Å². The lowest BCUT2D eigenvalue weighted by molar-refractivity contribution is 0.364. The third kappa shape index (κ3) is 8.28. The Hall–Kier alpha value is -1.57. The number of rotatable bonds is 11. The summed E-state index contributed by atoms with van der Waals surface area (Å²) < 4.78 is 6.54. The first-order valence-corrected chi connectivity index (χ1v) is 17.7. The molecule has 0 aromatic heterocycles. The molecule has 5 heteroatoms.